The van der Waals surface area contributed by atoms with Gasteiger partial charge in [-0.3, -0.25) is 0 Å². The molecule has 15 heavy (non-hydrogen) atoms. The van der Waals surface area contributed by atoms with Gasteiger partial charge in [0.05, 0.1) is 12.7 Å². The van der Waals surface area contributed by atoms with Crippen LogP contribution in [0, 0.1) is 0 Å². The molecule has 2 N–H and O–H groups in total. The highest BCUT2D eigenvalue weighted by atomic mass is 16.5. The van der Waals surface area contributed by atoms with Crippen LogP contribution in [0.15, 0.2) is 0 Å². The second-order valence-electron chi connectivity index (χ2n) is 4.06. The van der Waals surface area contributed by atoms with Crippen LogP contribution in [0.3, 0.4) is 0 Å². The molecule has 0 aromatic rings. The van der Waals surface area contributed by atoms with Gasteiger partial charge in [-0.05, 0) is 19.4 Å². The fourth-order valence-corrected chi connectivity index (χ4v) is 2.02. The van der Waals surface area contributed by atoms with Crippen molar-refractivity contribution in [3.05, 3.63) is 0 Å². The third-order valence-electron chi connectivity index (χ3n) is 2.91. The Hall–Kier alpha value is -0.810. The van der Waals surface area contributed by atoms with Crippen molar-refractivity contribution < 1.29 is 9.53 Å². The molecule has 86 valence electrons. The number of rotatable bonds is 4. The van der Waals surface area contributed by atoms with E-state index in [1.165, 1.54) is 6.42 Å². The maximum absolute atomic E-state index is 11.2. The lowest BCUT2D eigenvalue weighted by molar-refractivity contribution is 0.0300. The van der Waals surface area contributed by atoms with Crippen LogP contribution in [0.25, 0.3) is 0 Å². The Bertz CT molecular complexity index is 217. The molecule has 5 heteroatoms. The van der Waals surface area contributed by atoms with E-state index in [-0.39, 0.29) is 6.03 Å². The van der Waals surface area contributed by atoms with E-state index in [4.69, 9.17) is 4.74 Å². The molecule has 0 aromatic heterocycles. The molecule has 0 spiro atoms. The molecular weight excluding hydrogens is 194 g/mol. The number of nitrogens with one attached hydrogen (secondary N) is 2. The molecule has 2 aliphatic rings. The van der Waals surface area contributed by atoms with Gasteiger partial charge in [0.1, 0.15) is 0 Å². The van der Waals surface area contributed by atoms with E-state index in [1.807, 2.05) is 0 Å². The second kappa shape index (κ2) is 5.32. The smallest absolute Gasteiger partial charge is 0.317 e. The summed E-state index contributed by atoms with van der Waals surface area (Å²) in [6.45, 7) is 5.00. The maximum atomic E-state index is 11.2. The van der Waals surface area contributed by atoms with Crippen LogP contribution in [0.5, 0.6) is 0 Å². The van der Waals surface area contributed by atoms with E-state index in [1.54, 1.807) is 4.90 Å². The molecule has 2 rings (SSSR count). The predicted molar refractivity (Wildman–Crippen MR) is 56.8 cm³/mol. The Kier molecular flexibility index (Phi) is 3.80. The zero-order chi connectivity index (χ0) is 10.5. The van der Waals surface area contributed by atoms with E-state index in [9.17, 15) is 4.79 Å². The number of carbonyl (C=O) groups is 1. The van der Waals surface area contributed by atoms with Gasteiger partial charge >= 0.3 is 6.03 Å². The molecule has 5 nitrogen and oxygen atoms in total. The minimum absolute atomic E-state index is 0.0420. The molecule has 0 saturated carbocycles. The molecule has 0 bridgehead atoms. The summed E-state index contributed by atoms with van der Waals surface area (Å²) in [6.07, 6.45) is 2.66. The second-order valence-corrected chi connectivity index (χ2v) is 4.06. The van der Waals surface area contributed by atoms with Gasteiger partial charge in [-0.15, -0.1) is 0 Å². The Morgan fingerprint density at radius 1 is 1.47 bits per heavy atom. The summed E-state index contributed by atoms with van der Waals surface area (Å²) in [6, 6.07) is 0.0420. The lowest BCUT2D eigenvalue weighted by Crippen LogP contribution is -2.37. The van der Waals surface area contributed by atoms with Crippen molar-refractivity contribution >= 4 is 6.03 Å². The van der Waals surface area contributed by atoms with E-state index in [0.717, 1.165) is 32.6 Å². The number of urea groups is 1. The van der Waals surface area contributed by atoms with Crippen LogP contribution < -0.4 is 10.6 Å². The molecular formula is C10H19N3O2. The van der Waals surface area contributed by atoms with Gasteiger partial charge in [-0.2, -0.15) is 0 Å². The first-order valence-electron chi connectivity index (χ1n) is 5.71. The lowest BCUT2D eigenvalue weighted by atomic mass is 10.1. The van der Waals surface area contributed by atoms with E-state index < -0.39 is 0 Å². The maximum Gasteiger partial charge on any atom is 0.317 e. The van der Waals surface area contributed by atoms with Crippen LogP contribution in [-0.2, 0) is 4.74 Å². The summed E-state index contributed by atoms with van der Waals surface area (Å²) in [7, 11) is 0. The summed E-state index contributed by atoms with van der Waals surface area (Å²) in [5.74, 6) is 0. The van der Waals surface area contributed by atoms with Crippen molar-refractivity contribution in [1.82, 2.24) is 15.5 Å². The van der Waals surface area contributed by atoms with Gasteiger partial charge < -0.3 is 20.3 Å². The average molecular weight is 213 g/mol. The minimum atomic E-state index is 0.0420. The minimum Gasteiger partial charge on any atom is -0.375 e. The molecule has 2 amide bonds. The van der Waals surface area contributed by atoms with Crippen molar-refractivity contribution in [3.63, 3.8) is 0 Å². The molecule has 0 radical (unpaired) electrons. The molecule has 2 saturated heterocycles. The number of hydrogen-bond donors (Lipinski definition) is 2. The monoisotopic (exact) mass is 213 g/mol. The topological polar surface area (TPSA) is 53.6 Å². The van der Waals surface area contributed by atoms with Gasteiger partial charge in [-0.1, -0.05) is 0 Å². The molecule has 1 atom stereocenters. The van der Waals surface area contributed by atoms with Crippen molar-refractivity contribution in [2.24, 2.45) is 0 Å². The standard InChI is InChI=1S/C10H19N3O2/c14-10-12-4-5-13(10)6-7-15-9-2-1-3-11-8-9/h9,11H,1-8H2,(H,12,14)/t9-/m0/s1. The SMILES string of the molecule is O=C1NCCN1CCO[C@H]1CCCNC1. The number of carbonyl (C=O) groups excluding carboxylic acids is 1. The van der Waals surface area contributed by atoms with Gasteiger partial charge in [0.2, 0.25) is 0 Å². The van der Waals surface area contributed by atoms with Gasteiger partial charge in [0.15, 0.2) is 0 Å². The normalized spacial score (nSPS) is 26.8. The Morgan fingerprint density at radius 2 is 2.40 bits per heavy atom. The Balaban J connectivity index is 1.59. The van der Waals surface area contributed by atoms with Gasteiger partial charge in [-0.25, -0.2) is 4.79 Å². The number of hydrogen-bond acceptors (Lipinski definition) is 3. The quantitative estimate of drug-likeness (QED) is 0.679. The van der Waals surface area contributed by atoms with Crippen LogP contribution in [-0.4, -0.2) is 56.4 Å². The zero-order valence-electron chi connectivity index (χ0n) is 9.00. The molecule has 2 heterocycles. The number of piperidine rings is 1. The third-order valence-corrected chi connectivity index (χ3v) is 2.91. The largest absolute Gasteiger partial charge is 0.375 e. The van der Waals surface area contributed by atoms with E-state index in [0.29, 0.717) is 19.3 Å². The van der Waals surface area contributed by atoms with Crippen molar-refractivity contribution in [2.45, 2.75) is 18.9 Å². The Morgan fingerprint density at radius 3 is 3.07 bits per heavy atom. The summed E-state index contributed by atoms with van der Waals surface area (Å²) < 4.78 is 5.71. The van der Waals surface area contributed by atoms with Crippen LogP contribution in [0.1, 0.15) is 12.8 Å². The number of nitrogens with zero attached hydrogens (tertiary/aromatic N) is 1. The van der Waals surface area contributed by atoms with Gasteiger partial charge in [0, 0.05) is 26.2 Å². The molecule has 0 aliphatic carbocycles. The van der Waals surface area contributed by atoms with Crippen LogP contribution >= 0.6 is 0 Å². The fraction of sp³-hybridized carbons (Fsp3) is 0.900. The van der Waals surface area contributed by atoms with Crippen molar-refractivity contribution in [1.29, 1.82) is 0 Å². The van der Waals surface area contributed by atoms with Gasteiger partial charge in [0.25, 0.3) is 0 Å². The van der Waals surface area contributed by atoms with E-state index in [2.05, 4.69) is 10.6 Å². The number of ether oxygens (including phenoxy) is 1. The molecule has 2 aliphatic heterocycles. The average Bonchev–Trinajstić information content (AvgIpc) is 2.66. The first-order valence-corrected chi connectivity index (χ1v) is 5.71. The Labute approximate surface area is 90.1 Å². The summed E-state index contributed by atoms with van der Waals surface area (Å²) in [5, 5.41) is 6.08. The third kappa shape index (κ3) is 3.07. The van der Waals surface area contributed by atoms with Crippen molar-refractivity contribution in [3.8, 4) is 0 Å². The lowest BCUT2D eigenvalue weighted by Gasteiger charge is -2.24. The molecule has 0 aromatic carbocycles. The van der Waals surface area contributed by atoms with E-state index >= 15 is 0 Å². The highest BCUT2D eigenvalue weighted by Gasteiger charge is 2.19. The molecule has 0 unspecified atom stereocenters. The first kappa shape index (κ1) is 10.7. The fourth-order valence-electron chi connectivity index (χ4n) is 2.02. The summed E-state index contributed by atoms with van der Waals surface area (Å²) in [5.41, 5.74) is 0. The van der Waals surface area contributed by atoms with Crippen LogP contribution in [0.2, 0.25) is 0 Å². The number of amides is 2. The highest BCUT2D eigenvalue weighted by molar-refractivity contribution is 5.76. The highest BCUT2D eigenvalue weighted by Crippen LogP contribution is 2.06. The zero-order valence-corrected chi connectivity index (χ0v) is 9.00. The summed E-state index contributed by atoms with van der Waals surface area (Å²) >= 11 is 0. The molecule has 2 fully saturated rings. The predicted octanol–water partition coefficient (Wildman–Crippen LogP) is -0.220. The first-order chi connectivity index (χ1) is 7.36. The summed E-state index contributed by atoms with van der Waals surface area (Å²) in [4.78, 5) is 13.0. The van der Waals surface area contributed by atoms with Crippen LogP contribution in [0.4, 0.5) is 4.79 Å². The van der Waals surface area contributed by atoms with Crippen molar-refractivity contribution in [2.75, 3.05) is 39.3 Å².